The van der Waals surface area contributed by atoms with Gasteiger partial charge in [0, 0.05) is 43.8 Å². The Balaban J connectivity index is 0.00000306. The predicted octanol–water partition coefficient (Wildman–Crippen LogP) is 2.50. The second-order valence-corrected chi connectivity index (χ2v) is 9.59. The quantitative estimate of drug-likeness (QED) is 0.556. The van der Waals surface area contributed by atoms with E-state index in [1.165, 1.54) is 12.1 Å². The van der Waals surface area contributed by atoms with Crippen LogP contribution in [0.2, 0.25) is 0 Å². The van der Waals surface area contributed by atoms with Crippen molar-refractivity contribution in [1.82, 2.24) is 15.5 Å². The van der Waals surface area contributed by atoms with E-state index in [2.05, 4.69) is 34.7 Å². The highest BCUT2D eigenvalue weighted by atomic mass is 35.5. The highest BCUT2D eigenvalue weighted by Crippen LogP contribution is 2.34. The van der Waals surface area contributed by atoms with E-state index in [1.54, 1.807) is 4.90 Å². The van der Waals surface area contributed by atoms with E-state index in [1.807, 2.05) is 0 Å². The van der Waals surface area contributed by atoms with Gasteiger partial charge in [-0.3, -0.25) is 19.8 Å². The van der Waals surface area contributed by atoms with Gasteiger partial charge in [0.05, 0.1) is 0 Å². The summed E-state index contributed by atoms with van der Waals surface area (Å²) in [4.78, 5) is 27.4. The molecule has 0 radical (unpaired) electrons. The summed E-state index contributed by atoms with van der Waals surface area (Å²) >= 11 is 0. The smallest absolute Gasteiger partial charge is 0.249 e. The molecule has 1 aromatic carbocycles. The number of hydrogen-bond acceptors (Lipinski definition) is 6. The van der Waals surface area contributed by atoms with Gasteiger partial charge in [0.25, 0.3) is 0 Å². The van der Waals surface area contributed by atoms with Gasteiger partial charge in [0.2, 0.25) is 11.8 Å². The Hall–Kier alpha value is -1.97. The van der Waals surface area contributed by atoms with Crippen LogP contribution in [-0.4, -0.2) is 67.6 Å². The van der Waals surface area contributed by atoms with Crippen molar-refractivity contribution < 1.29 is 18.4 Å². The number of benzene rings is 1. The normalized spacial score (nSPS) is 23.2. The van der Waals surface area contributed by atoms with Gasteiger partial charge in [-0.1, -0.05) is 0 Å². The van der Waals surface area contributed by atoms with Crippen LogP contribution in [0.25, 0.3) is 0 Å². The Labute approximate surface area is 200 Å². The fourth-order valence-corrected chi connectivity index (χ4v) is 5.28. The van der Waals surface area contributed by atoms with E-state index >= 15 is 0 Å². The average Bonchev–Trinajstić information content (AvgIpc) is 2.76. The van der Waals surface area contributed by atoms with Crippen molar-refractivity contribution >= 4 is 35.6 Å². The van der Waals surface area contributed by atoms with Crippen LogP contribution in [0.15, 0.2) is 12.1 Å². The predicted molar refractivity (Wildman–Crippen MR) is 127 cm³/mol. The van der Waals surface area contributed by atoms with Crippen LogP contribution in [0, 0.1) is 17.6 Å². The Kier molecular flexibility index (Phi) is 8.18. The molecule has 3 aliphatic rings. The number of nitrogens with zero attached hydrogens (tertiary/aromatic N) is 2. The van der Waals surface area contributed by atoms with E-state index in [4.69, 9.17) is 0 Å². The van der Waals surface area contributed by atoms with Crippen molar-refractivity contribution in [2.75, 3.05) is 49.5 Å². The van der Waals surface area contributed by atoms with Crippen LogP contribution in [0.4, 0.5) is 20.2 Å². The zero-order valence-corrected chi connectivity index (χ0v) is 20.1. The van der Waals surface area contributed by atoms with Crippen molar-refractivity contribution in [3.8, 4) is 0 Å². The molecule has 7 nitrogen and oxygen atoms in total. The molecular formula is C23H34ClF2N5O2. The van der Waals surface area contributed by atoms with Crippen molar-refractivity contribution in [3.05, 3.63) is 23.8 Å². The number of nitrogens with one attached hydrogen (secondary N) is 3. The van der Waals surface area contributed by atoms with Crippen molar-refractivity contribution in [3.63, 3.8) is 0 Å². The first-order valence-electron chi connectivity index (χ1n) is 11.6. The fraction of sp³-hybridized carbons (Fsp3) is 0.652. The molecule has 3 fully saturated rings. The number of carbonyl (C=O) groups excluding carboxylic acids is 2. The standard InChI is InChI=1S/C23H33F2N5O2.ClH/c1-23(2,15-5-7-26-8-6-15)30-11-9-29(10-12-30)21-17(24)13-16(14-18(21)25)27-19-3-4-20(31)28-22(19)32;/h13-15,19,26-27H,3-12H2,1-2H3,(H,28,31,32);1H. The largest absolute Gasteiger partial charge is 0.373 e. The fourth-order valence-electron chi connectivity index (χ4n) is 5.28. The highest BCUT2D eigenvalue weighted by Gasteiger charge is 2.38. The molecule has 1 aromatic rings. The van der Waals surface area contributed by atoms with E-state index in [0.29, 0.717) is 25.4 Å². The lowest BCUT2D eigenvalue weighted by molar-refractivity contribution is -0.133. The van der Waals surface area contributed by atoms with Gasteiger partial charge in [-0.05, 0) is 64.3 Å². The number of anilines is 2. The third-order valence-corrected chi connectivity index (χ3v) is 7.35. The molecule has 1 unspecified atom stereocenters. The second kappa shape index (κ2) is 10.5. The molecule has 184 valence electrons. The maximum Gasteiger partial charge on any atom is 0.249 e. The highest BCUT2D eigenvalue weighted by molar-refractivity contribution is 6.01. The van der Waals surface area contributed by atoms with Crippen LogP contribution >= 0.6 is 12.4 Å². The second-order valence-electron chi connectivity index (χ2n) is 9.59. The number of piperazine rings is 1. The molecule has 0 aliphatic carbocycles. The van der Waals surface area contributed by atoms with Gasteiger partial charge >= 0.3 is 0 Å². The van der Waals surface area contributed by atoms with Crippen LogP contribution < -0.4 is 20.9 Å². The molecule has 0 spiro atoms. The van der Waals surface area contributed by atoms with E-state index in [0.717, 1.165) is 39.0 Å². The first kappa shape index (κ1) is 25.6. The van der Waals surface area contributed by atoms with Gasteiger partial charge in [-0.15, -0.1) is 12.4 Å². The van der Waals surface area contributed by atoms with Crippen molar-refractivity contribution in [2.24, 2.45) is 5.92 Å². The summed E-state index contributed by atoms with van der Waals surface area (Å²) < 4.78 is 29.9. The monoisotopic (exact) mass is 485 g/mol. The molecule has 0 bridgehead atoms. The third kappa shape index (κ3) is 5.58. The molecule has 3 aliphatic heterocycles. The minimum Gasteiger partial charge on any atom is -0.373 e. The minimum atomic E-state index is -0.682. The number of carbonyl (C=O) groups is 2. The molecule has 0 saturated carbocycles. The van der Waals surface area contributed by atoms with Crippen LogP contribution in [0.5, 0.6) is 0 Å². The summed E-state index contributed by atoms with van der Waals surface area (Å²) in [7, 11) is 0. The van der Waals surface area contributed by atoms with Gasteiger partial charge < -0.3 is 15.5 Å². The van der Waals surface area contributed by atoms with Crippen molar-refractivity contribution in [2.45, 2.75) is 51.1 Å². The molecule has 2 amide bonds. The summed E-state index contributed by atoms with van der Waals surface area (Å²) in [5.41, 5.74) is 0.239. The number of halogens is 3. The molecule has 3 N–H and O–H groups in total. The zero-order valence-electron chi connectivity index (χ0n) is 19.3. The Morgan fingerprint density at radius 3 is 2.18 bits per heavy atom. The number of amides is 2. The van der Waals surface area contributed by atoms with Crippen LogP contribution in [-0.2, 0) is 9.59 Å². The van der Waals surface area contributed by atoms with Gasteiger partial charge in [0.1, 0.15) is 11.7 Å². The maximum atomic E-state index is 14.9. The molecule has 0 aromatic heterocycles. The lowest BCUT2D eigenvalue weighted by Crippen LogP contribution is -2.59. The number of hydrogen-bond donors (Lipinski definition) is 3. The van der Waals surface area contributed by atoms with E-state index < -0.39 is 23.6 Å². The summed E-state index contributed by atoms with van der Waals surface area (Å²) in [5, 5.41) is 8.50. The Morgan fingerprint density at radius 1 is 1.00 bits per heavy atom. The van der Waals surface area contributed by atoms with Gasteiger partial charge in [-0.25, -0.2) is 8.78 Å². The van der Waals surface area contributed by atoms with Crippen LogP contribution in [0.3, 0.4) is 0 Å². The first-order chi connectivity index (χ1) is 15.3. The number of imide groups is 1. The lowest BCUT2D eigenvalue weighted by atomic mass is 9.79. The SMILES string of the molecule is CC(C)(C1CCNCC1)N1CCN(c2c(F)cc(NC3CCC(=O)NC3=O)cc2F)CC1.Cl. The molecule has 3 saturated heterocycles. The van der Waals surface area contributed by atoms with Crippen LogP contribution in [0.1, 0.15) is 39.5 Å². The Morgan fingerprint density at radius 2 is 1.61 bits per heavy atom. The zero-order chi connectivity index (χ0) is 22.9. The molecule has 33 heavy (non-hydrogen) atoms. The summed E-state index contributed by atoms with van der Waals surface area (Å²) in [5.74, 6) is -1.49. The van der Waals surface area contributed by atoms with E-state index in [9.17, 15) is 18.4 Å². The summed E-state index contributed by atoms with van der Waals surface area (Å²) in [6.45, 7) is 9.29. The Bertz CT molecular complexity index is 847. The van der Waals surface area contributed by atoms with Gasteiger partial charge in [0.15, 0.2) is 11.6 Å². The summed E-state index contributed by atoms with van der Waals surface area (Å²) in [6, 6.07) is 1.78. The number of rotatable bonds is 5. The lowest BCUT2D eigenvalue weighted by Gasteiger charge is -2.49. The third-order valence-electron chi connectivity index (χ3n) is 7.35. The molecular weight excluding hydrogens is 452 g/mol. The van der Waals surface area contributed by atoms with Crippen molar-refractivity contribution in [1.29, 1.82) is 0 Å². The molecule has 10 heteroatoms. The summed E-state index contributed by atoms with van der Waals surface area (Å²) in [6.07, 6.45) is 2.80. The molecule has 1 atom stereocenters. The average molecular weight is 486 g/mol. The topological polar surface area (TPSA) is 76.7 Å². The number of piperidine rings is 2. The molecule has 3 heterocycles. The maximum absolute atomic E-state index is 14.9. The first-order valence-corrected chi connectivity index (χ1v) is 11.6. The minimum absolute atomic E-state index is 0. The van der Waals surface area contributed by atoms with Gasteiger partial charge in [-0.2, -0.15) is 0 Å². The molecule has 4 rings (SSSR count). The van der Waals surface area contributed by atoms with E-state index in [-0.39, 0.29) is 41.6 Å².